The van der Waals surface area contributed by atoms with Crippen LogP contribution in [0.4, 0.5) is 4.39 Å². The maximum atomic E-state index is 14.8. The molecule has 4 rings (SSSR count). The molecule has 3 aromatic rings. The van der Waals surface area contributed by atoms with E-state index in [1.807, 2.05) is 43.9 Å². The molecule has 2 amide bonds. The minimum atomic E-state index is -0.441. The molecule has 1 fully saturated rings. The highest BCUT2D eigenvalue weighted by Crippen LogP contribution is 2.29. The van der Waals surface area contributed by atoms with Crippen molar-refractivity contribution in [2.24, 2.45) is 0 Å². The van der Waals surface area contributed by atoms with Crippen molar-refractivity contribution in [2.45, 2.75) is 58.7 Å². The summed E-state index contributed by atoms with van der Waals surface area (Å²) < 4.78 is 20.1. The number of hydrogen-bond acceptors (Lipinski definition) is 6. The first kappa shape index (κ1) is 28.9. The number of rotatable bonds is 9. The molecule has 9 nitrogen and oxygen atoms in total. The van der Waals surface area contributed by atoms with Gasteiger partial charge in [-0.25, -0.2) is 4.39 Å². The summed E-state index contributed by atoms with van der Waals surface area (Å²) in [6, 6.07) is 7.88. The predicted octanol–water partition coefficient (Wildman–Crippen LogP) is 3.93. The van der Waals surface area contributed by atoms with Gasteiger partial charge in [-0.05, 0) is 63.5 Å². The lowest BCUT2D eigenvalue weighted by Crippen LogP contribution is -2.56. The van der Waals surface area contributed by atoms with Crippen molar-refractivity contribution in [3.8, 4) is 17.0 Å². The molecule has 0 bridgehead atoms. The topological polar surface area (TPSA) is 112 Å². The Bertz CT molecular complexity index is 1400. The number of nitrogens with one attached hydrogen (secondary N) is 3. The Kier molecular flexibility index (Phi) is 9.31. The molecule has 40 heavy (non-hydrogen) atoms. The van der Waals surface area contributed by atoms with E-state index in [0.29, 0.717) is 42.7 Å². The zero-order valence-electron chi connectivity index (χ0n) is 23.7. The lowest BCUT2D eigenvalue weighted by molar-refractivity contribution is -0.128. The smallest absolute Gasteiger partial charge is 0.247 e. The van der Waals surface area contributed by atoms with Gasteiger partial charge < -0.3 is 15.4 Å². The summed E-state index contributed by atoms with van der Waals surface area (Å²) in [6.45, 7) is 6.37. The van der Waals surface area contributed by atoms with Crippen LogP contribution in [0.25, 0.3) is 17.3 Å². The Labute approximate surface area is 234 Å². The number of H-pyrrole nitrogens is 1. The molecule has 1 aliphatic heterocycles. The fourth-order valence-corrected chi connectivity index (χ4v) is 5.19. The number of likely N-dealkylation sites (N-methyl/N-ethyl adjacent to an activating group) is 1. The summed E-state index contributed by atoms with van der Waals surface area (Å²) in [6.07, 6.45) is 5.30. The molecule has 3 heterocycles. The molecule has 212 valence electrons. The third kappa shape index (κ3) is 6.39. The van der Waals surface area contributed by atoms with E-state index in [9.17, 15) is 14.0 Å². The molecular weight excluding hydrogens is 511 g/mol. The fraction of sp³-hybridized carbons (Fsp3) is 0.400. The number of benzene rings is 1. The Morgan fingerprint density at radius 2 is 2.05 bits per heavy atom. The molecule has 0 aliphatic carbocycles. The van der Waals surface area contributed by atoms with Crippen LogP contribution in [0.15, 0.2) is 42.1 Å². The largest absolute Gasteiger partial charge is 0.496 e. The van der Waals surface area contributed by atoms with Crippen LogP contribution in [-0.2, 0) is 16.1 Å². The number of hydrogen-bond donors (Lipinski definition) is 3. The predicted molar refractivity (Wildman–Crippen MR) is 152 cm³/mol. The molecule has 0 spiro atoms. The summed E-state index contributed by atoms with van der Waals surface area (Å²) in [5.41, 5.74) is 5.28. The number of nitrogens with zero attached hydrogens (tertiary/aromatic N) is 3. The maximum absolute atomic E-state index is 14.8. The summed E-state index contributed by atoms with van der Waals surface area (Å²) in [5.74, 6) is -0.281. The maximum Gasteiger partial charge on any atom is 0.247 e. The van der Waals surface area contributed by atoms with Crippen molar-refractivity contribution in [1.29, 1.82) is 0 Å². The van der Waals surface area contributed by atoms with Crippen molar-refractivity contribution in [1.82, 2.24) is 30.7 Å². The number of ether oxygens (including phenoxy) is 1. The zero-order valence-corrected chi connectivity index (χ0v) is 23.7. The molecule has 1 aliphatic rings. The first-order valence-corrected chi connectivity index (χ1v) is 13.5. The molecule has 0 saturated carbocycles. The van der Waals surface area contributed by atoms with Gasteiger partial charge in [0.1, 0.15) is 11.6 Å². The zero-order chi connectivity index (χ0) is 28.8. The minimum Gasteiger partial charge on any atom is -0.496 e. The number of halogens is 1. The lowest BCUT2D eigenvalue weighted by atomic mass is 9.95. The number of likely N-dealkylation sites (tertiary alicyclic amines) is 1. The van der Waals surface area contributed by atoms with Gasteiger partial charge in [0.05, 0.1) is 18.8 Å². The van der Waals surface area contributed by atoms with E-state index in [0.717, 1.165) is 28.2 Å². The molecule has 10 heteroatoms. The number of amides is 2. The second-order valence-corrected chi connectivity index (χ2v) is 10.0. The van der Waals surface area contributed by atoms with Crippen LogP contribution in [0.3, 0.4) is 0 Å². The van der Waals surface area contributed by atoms with E-state index in [1.54, 1.807) is 25.4 Å². The summed E-state index contributed by atoms with van der Waals surface area (Å²) in [7, 11) is 3.09. The molecule has 2 unspecified atom stereocenters. The minimum absolute atomic E-state index is 0.136. The monoisotopic (exact) mass is 548 g/mol. The summed E-state index contributed by atoms with van der Waals surface area (Å²) >= 11 is 0. The van der Waals surface area contributed by atoms with Crippen molar-refractivity contribution in [3.63, 3.8) is 0 Å². The Hall–Kier alpha value is -4.05. The second kappa shape index (κ2) is 12.9. The molecule has 2 aromatic heterocycles. The summed E-state index contributed by atoms with van der Waals surface area (Å²) in [4.78, 5) is 32.3. The fourth-order valence-electron chi connectivity index (χ4n) is 5.19. The number of methoxy groups -OCH3 is 1. The van der Waals surface area contributed by atoms with Gasteiger partial charge in [-0.2, -0.15) is 5.10 Å². The number of aromatic nitrogens is 3. The van der Waals surface area contributed by atoms with Gasteiger partial charge in [-0.15, -0.1) is 0 Å². The molecule has 3 N–H and O–H groups in total. The van der Waals surface area contributed by atoms with E-state index in [-0.39, 0.29) is 24.4 Å². The van der Waals surface area contributed by atoms with Gasteiger partial charge in [0.25, 0.3) is 0 Å². The van der Waals surface area contributed by atoms with Crippen LogP contribution in [0.1, 0.15) is 48.7 Å². The van der Waals surface area contributed by atoms with Gasteiger partial charge in [-0.1, -0.05) is 13.0 Å². The van der Waals surface area contributed by atoms with Crippen LogP contribution in [0.2, 0.25) is 0 Å². The van der Waals surface area contributed by atoms with Gasteiger partial charge in [0, 0.05) is 66.0 Å². The number of piperidine rings is 1. The Morgan fingerprint density at radius 3 is 2.75 bits per heavy atom. The lowest BCUT2D eigenvalue weighted by Gasteiger charge is -2.39. The van der Waals surface area contributed by atoms with Crippen molar-refractivity contribution < 1.29 is 18.7 Å². The van der Waals surface area contributed by atoms with Crippen molar-refractivity contribution in [2.75, 3.05) is 20.7 Å². The highest BCUT2D eigenvalue weighted by atomic mass is 19.1. The van der Waals surface area contributed by atoms with Crippen LogP contribution in [0.5, 0.6) is 5.75 Å². The third-order valence-electron chi connectivity index (χ3n) is 7.38. The first-order valence-electron chi connectivity index (χ1n) is 13.5. The average Bonchev–Trinajstić information content (AvgIpc) is 3.32. The number of pyridine rings is 1. The normalized spacial score (nSPS) is 17.9. The number of carbonyl (C=O) groups is 2. The quantitative estimate of drug-likeness (QED) is 0.350. The van der Waals surface area contributed by atoms with Crippen molar-refractivity contribution in [3.05, 3.63) is 70.4 Å². The second-order valence-electron chi connectivity index (χ2n) is 10.0. The van der Waals surface area contributed by atoms with Crippen LogP contribution >= 0.6 is 0 Å². The van der Waals surface area contributed by atoms with Gasteiger partial charge in [0.15, 0.2) is 0 Å². The summed E-state index contributed by atoms with van der Waals surface area (Å²) in [5, 5.41) is 13.4. The molecule has 1 aromatic carbocycles. The van der Waals surface area contributed by atoms with E-state index in [4.69, 9.17) is 4.74 Å². The number of aryl methyl sites for hydroxylation is 2. The van der Waals surface area contributed by atoms with Crippen LogP contribution in [-0.4, -0.2) is 64.7 Å². The highest BCUT2D eigenvalue weighted by Gasteiger charge is 2.34. The van der Waals surface area contributed by atoms with Gasteiger partial charge in [-0.3, -0.25) is 24.6 Å². The third-order valence-corrected chi connectivity index (χ3v) is 7.38. The number of aromatic amines is 1. The van der Waals surface area contributed by atoms with Crippen molar-refractivity contribution >= 4 is 17.9 Å². The van der Waals surface area contributed by atoms with E-state index >= 15 is 0 Å². The standard InChI is InChI=1S/C30H37FN6O3/c1-6-20(15-23-19(3)35-36-28(23)21-12-13-33-18(2)14-21)29(38)34-22-10-11-26(30(39)32-4)37(16-22)17-24-25(31)8-7-9-27(24)40-5/h7-9,12-15,22,26H,6,10-11,16-17H2,1-5H3,(H,32,39)(H,34,38)(H,35,36). The van der Waals surface area contributed by atoms with Crippen LogP contribution in [0, 0.1) is 19.7 Å². The Morgan fingerprint density at radius 1 is 1.25 bits per heavy atom. The SMILES string of the molecule is CCC(=Cc1c(-c2ccnc(C)c2)n[nH]c1C)C(=O)NC1CCC(C(=O)NC)N(Cc2c(F)cccc2OC)C1. The van der Waals surface area contributed by atoms with E-state index in [2.05, 4.69) is 25.8 Å². The van der Waals surface area contributed by atoms with Crippen LogP contribution < -0.4 is 15.4 Å². The number of carbonyl (C=O) groups excluding carboxylic acids is 2. The van der Waals surface area contributed by atoms with E-state index in [1.165, 1.54) is 13.2 Å². The molecule has 1 saturated heterocycles. The molecule has 0 radical (unpaired) electrons. The molecular formula is C30H37FN6O3. The van der Waals surface area contributed by atoms with Gasteiger partial charge in [0.2, 0.25) is 11.8 Å². The van der Waals surface area contributed by atoms with Gasteiger partial charge >= 0.3 is 0 Å². The molecule has 2 atom stereocenters. The van der Waals surface area contributed by atoms with E-state index < -0.39 is 11.9 Å². The first-order chi connectivity index (χ1) is 19.2. The average molecular weight is 549 g/mol. The Balaban J connectivity index is 1.55. The highest BCUT2D eigenvalue weighted by molar-refractivity contribution is 5.99.